The summed E-state index contributed by atoms with van der Waals surface area (Å²) in [7, 11) is -0.547. The van der Waals surface area contributed by atoms with Gasteiger partial charge < -0.3 is 19.8 Å². The van der Waals surface area contributed by atoms with Crippen LogP contribution in [0, 0.1) is 5.82 Å². The third kappa shape index (κ3) is 3.62. The summed E-state index contributed by atoms with van der Waals surface area (Å²) >= 11 is 0. The molecule has 0 saturated carbocycles. The molecule has 1 fully saturated rings. The molecule has 2 N–H and O–H groups in total. The fraction of sp³-hybridized carbons (Fsp3) is 0.389. The first-order valence-electron chi connectivity index (χ1n) is 8.16. The average molecular weight is 344 g/mol. The van der Waals surface area contributed by atoms with Crippen molar-refractivity contribution in [3.63, 3.8) is 0 Å². The minimum absolute atomic E-state index is 0.191. The highest BCUT2D eigenvalue weighted by Gasteiger charge is 2.51. The van der Waals surface area contributed by atoms with Gasteiger partial charge in [-0.3, -0.25) is 0 Å². The Kier molecular flexibility index (Phi) is 4.47. The molecule has 3 rings (SSSR count). The maximum Gasteiger partial charge on any atom is 0.496 e. The smallest absolute Gasteiger partial charge is 0.485 e. The van der Waals surface area contributed by atoms with Crippen molar-refractivity contribution in [1.29, 1.82) is 0 Å². The van der Waals surface area contributed by atoms with E-state index in [0.29, 0.717) is 11.3 Å². The number of pyridine rings is 1. The molecule has 0 spiro atoms. The Labute approximate surface area is 147 Å². The van der Waals surface area contributed by atoms with Crippen LogP contribution in [0.25, 0.3) is 0 Å². The molecular formula is C18H22BFN2O3. The zero-order chi connectivity index (χ0) is 18.2. The van der Waals surface area contributed by atoms with Crippen LogP contribution in [0.3, 0.4) is 0 Å². The third-order valence-corrected chi connectivity index (χ3v) is 4.71. The van der Waals surface area contributed by atoms with E-state index < -0.39 is 18.3 Å². The number of aromatic nitrogens is 1. The number of ether oxygens (including phenoxy) is 1. The molecular weight excluding hydrogens is 322 g/mol. The lowest BCUT2D eigenvalue weighted by atomic mass is 9.80. The Morgan fingerprint density at radius 2 is 1.84 bits per heavy atom. The molecule has 1 aliphatic rings. The van der Waals surface area contributed by atoms with Gasteiger partial charge in [0.05, 0.1) is 11.2 Å². The average Bonchev–Trinajstić information content (AvgIpc) is 2.75. The van der Waals surface area contributed by atoms with Crippen LogP contribution in [0.2, 0.25) is 0 Å². The van der Waals surface area contributed by atoms with Gasteiger partial charge in [0.25, 0.3) is 0 Å². The number of benzene rings is 1. The lowest BCUT2D eigenvalue weighted by molar-refractivity contribution is 0.00578. The first-order valence-corrected chi connectivity index (χ1v) is 8.16. The Bertz CT molecular complexity index is 767. The van der Waals surface area contributed by atoms with Crippen molar-refractivity contribution in [2.45, 2.75) is 45.5 Å². The molecule has 0 atom stereocenters. The maximum atomic E-state index is 13.3. The summed E-state index contributed by atoms with van der Waals surface area (Å²) in [5, 5.41) is 0. The van der Waals surface area contributed by atoms with E-state index in [1.54, 1.807) is 24.4 Å². The molecule has 1 saturated heterocycles. The fourth-order valence-corrected chi connectivity index (χ4v) is 2.48. The number of rotatable bonds is 4. The topological polar surface area (TPSA) is 66.6 Å². The van der Waals surface area contributed by atoms with E-state index in [-0.39, 0.29) is 18.2 Å². The Morgan fingerprint density at radius 1 is 1.16 bits per heavy atom. The predicted octanol–water partition coefficient (Wildman–Crippen LogP) is 2.68. The normalized spacial score (nSPS) is 18.4. The van der Waals surface area contributed by atoms with Crippen molar-refractivity contribution in [2.24, 2.45) is 0 Å². The molecule has 0 unspecified atom stereocenters. The molecule has 0 bridgehead atoms. The molecule has 132 valence electrons. The first-order chi connectivity index (χ1) is 11.7. The standard InChI is InChI=1S/C18H22BFN2O3/c1-17(2)18(3,4)25-19(24-17)13-9-15(16(21)22-10-13)23-11-12-6-5-7-14(20)8-12/h5-10H,11H2,1-4H3,(H2,21,22). The van der Waals surface area contributed by atoms with Gasteiger partial charge in [0.15, 0.2) is 11.6 Å². The van der Waals surface area contributed by atoms with Crippen molar-refractivity contribution in [2.75, 3.05) is 5.73 Å². The lowest BCUT2D eigenvalue weighted by Gasteiger charge is -2.32. The monoisotopic (exact) mass is 344 g/mol. The molecule has 0 amide bonds. The molecule has 2 heterocycles. The minimum atomic E-state index is -0.547. The van der Waals surface area contributed by atoms with E-state index in [1.807, 2.05) is 27.7 Å². The van der Waals surface area contributed by atoms with Crippen molar-refractivity contribution >= 4 is 18.4 Å². The Hall–Kier alpha value is -2.12. The summed E-state index contributed by atoms with van der Waals surface area (Å²) in [6, 6.07) is 7.98. The molecule has 1 aromatic carbocycles. The quantitative estimate of drug-likeness (QED) is 0.864. The van der Waals surface area contributed by atoms with Crippen molar-refractivity contribution < 1.29 is 18.4 Å². The zero-order valence-corrected chi connectivity index (χ0v) is 14.9. The molecule has 1 aromatic heterocycles. The van der Waals surface area contributed by atoms with Gasteiger partial charge >= 0.3 is 7.12 Å². The zero-order valence-electron chi connectivity index (χ0n) is 14.9. The van der Waals surface area contributed by atoms with E-state index in [9.17, 15) is 4.39 Å². The van der Waals surface area contributed by atoms with Gasteiger partial charge in [-0.05, 0) is 51.5 Å². The van der Waals surface area contributed by atoms with Gasteiger partial charge in [-0.25, -0.2) is 9.37 Å². The molecule has 0 aliphatic carbocycles. The van der Waals surface area contributed by atoms with Crippen LogP contribution in [-0.4, -0.2) is 23.3 Å². The molecule has 0 radical (unpaired) electrons. The number of hydrogen-bond donors (Lipinski definition) is 1. The maximum absolute atomic E-state index is 13.3. The van der Waals surface area contributed by atoms with E-state index in [1.165, 1.54) is 12.1 Å². The van der Waals surface area contributed by atoms with Crippen LogP contribution in [-0.2, 0) is 15.9 Å². The van der Waals surface area contributed by atoms with E-state index >= 15 is 0 Å². The molecule has 25 heavy (non-hydrogen) atoms. The van der Waals surface area contributed by atoms with Gasteiger partial charge in [0.2, 0.25) is 0 Å². The summed E-state index contributed by atoms with van der Waals surface area (Å²) in [5.41, 5.74) is 6.44. The van der Waals surface area contributed by atoms with Gasteiger partial charge in [-0.2, -0.15) is 0 Å². The second kappa shape index (κ2) is 6.31. The molecule has 2 aromatic rings. The molecule has 7 heteroatoms. The number of anilines is 1. The Morgan fingerprint density at radius 3 is 2.48 bits per heavy atom. The summed E-state index contributed by atoms with van der Waals surface area (Å²) < 4.78 is 31.0. The second-order valence-electron chi connectivity index (χ2n) is 7.16. The van der Waals surface area contributed by atoms with E-state index in [2.05, 4.69) is 4.98 Å². The van der Waals surface area contributed by atoms with Gasteiger partial charge in [0.1, 0.15) is 12.4 Å². The van der Waals surface area contributed by atoms with Gasteiger partial charge in [-0.1, -0.05) is 12.1 Å². The van der Waals surface area contributed by atoms with E-state index in [0.717, 1.165) is 5.46 Å². The van der Waals surface area contributed by atoms with Crippen molar-refractivity contribution in [1.82, 2.24) is 4.98 Å². The minimum Gasteiger partial charge on any atom is -0.485 e. The van der Waals surface area contributed by atoms with Crippen LogP contribution in [0.5, 0.6) is 5.75 Å². The first kappa shape index (κ1) is 17.7. The van der Waals surface area contributed by atoms with Gasteiger partial charge in [0, 0.05) is 11.7 Å². The van der Waals surface area contributed by atoms with Crippen LogP contribution < -0.4 is 15.9 Å². The number of nitrogens with two attached hydrogens (primary N) is 1. The number of hydrogen-bond acceptors (Lipinski definition) is 5. The number of halogens is 1. The lowest BCUT2D eigenvalue weighted by Crippen LogP contribution is -2.41. The number of nitrogen functional groups attached to an aromatic ring is 1. The predicted molar refractivity (Wildman–Crippen MR) is 95.1 cm³/mol. The van der Waals surface area contributed by atoms with Gasteiger partial charge in [-0.15, -0.1) is 0 Å². The second-order valence-corrected chi connectivity index (χ2v) is 7.16. The fourth-order valence-electron chi connectivity index (χ4n) is 2.48. The van der Waals surface area contributed by atoms with E-state index in [4.69, 9.17) is 19.8 Å². The third-order valence-electron chi connectivity index (χ3n) is 4.71. The van der Waals surface area contributed by atoms with Crippen LogP contribution in [0.1, 0.15) is 33.3 Å². The van der Waals surface area contributed by atoms with Crippen LogP contribution >= 0.6 is 0 Å². The largest absolute Gasteiger partial charge is 0.496 e. The SMILES string of the molecule is CC1(C)OB(c2cnc(N)c(OCc3cccc(F)c3)c2)OC1(C)C. The molecule has 5 nitrogen and oxygen atoms in total. The van der Waals surface area contributed by atoms with Crippen molar-refractivity contribution in [3.05, 3.63) is 47.9 Å². The highest BCUT2D eigenvalue weighted by atomic mass is 19.1. The molecule has 1 aliphatic heterocycles. The highest BCUT2D eigenvalue weighted by Crippen LogP contribution is 2.36. The van der Waals surface area contributed by atoms with Crippen LogP contribution in [0.15, 0.2) is 36.5 Å². The van der Waals surface area contributed by atoms with Crippen molar-refractivity contribution in [3.8, 4) is 5.75 Å². The summed E-state index contributed by atoms with van der Waals surface area (Å²) in [6.07, 6.45) is 1.62. The Balaban J connectivity index is 1.77. The summed E-state index contributed by atoms with van der Waals surface area (Å²) in [5.74, 6) is 0.367. The number of nitrogens with zero attached hydrogens (tertiary/aromatic N) is 1. The highest BCUT2D eigenvalue weighted by molar-refractivity contribution is 6.62. The van der Waals surface area contributed by atoms with Crippen LogP contribution in [0.4, 0.5) is 10.2 Å². The summed E-state index contributed by atoms with van der Waals surface area (Å²) in [4.78, 5) is 4.17. The summed E-state index contributed by atoms with van der Waals surface area (Å²) in [6.45, 7) is 8.13.